The number of hydrogen-bond donors (Lipinski definition) is 0. The minimum absolute atomic E-state index is 0.822. The summed E-state index contributed by atoms with van der Waals surface area (Å²) < 4.78 is 7.44. The first-order valence-corrected chi connectivity index (χ1v) is 20.9. The Morgan fingerprint density at radius 3 is 1.95 bits per heavy atom. The van der Waals surface area contributed by atoms with Crippen LogP contribution in [0.3, 0.4) is 0 Å². The van der Waals surface area contributed by atoms with E-state index in [9.17, 15) is 0 Å². The minimum atomic E-state index is 0.822. The van der Waals surface area contributed by atoms with Gasteiger partial charge in [0.15, 0.2) is 5.82 Å². The molecule has 5 heteroatoms. The highest BCUT2D eigenvalue weighted by atomic mass is 32.1. The molecule has 4 aromatic heterocycles. The topological polar surface area (TPSA) is 35.6 Å². The van der Waals surface area contributed by atoms with Crippen molar-refractivity contribution in [3.63, 3.8) is 0 Å². The lowest BCUT2D eigenvalue weighted by molar-refractivity contribution is 1.08. The fraction of sp³-hybridized carbons (Fsp3) is 0. The Labute approximate surface area is 341 Å². The molecule has 13 aromatic rings. The molecule has 272 valence electrons. The second-order valence-corrected chi connectivity index (χ2v) is 16.8. The van der Waals surface area contributed by atoms with Crippen molar-refractivity contribution in [2.75, 3.05) is 0 Å². The van der Waals surface area contributed by atoms with Crippen molar-refractivity contribution in [1.29, 1.82) is 0 Å². The number of rotatable bonds is 2. The van der Waals surface area contributed by atoms with Crippen molar-refractivity contribution in [3.05, 3.63) is 182 Å². The molecule has 1 aliphatic heterocycles. The van der Waals surface area contributed by atoms with Crippen LogP contribution in [0.2, 0.25) is 0 Å². The smallest absolute Gasteiger partial charge is 0.165 e. The van der Waals surface area contributed by atoms with E-state index in [0.717, 1.165) is 49.9 Å². The number of nitrogens with zero attached hydrogens (tertiary/aromatic N) is 4. The lowest BCUT2D eigenvalue weighted by Gasteiger charge is -2.15. The van der Waals surface area contributed by atoms with E-state index in [4.69, 9.17) is 9.97 Å². The maximum atomic E-state index is 5.71. The predicted molar refractivity (Wildman–Crippen MR) is 248 cm³/mol. The second-order valence-electron chi connectivity index (χ2n) is 15.7. The van der Waals surface area contributed by atoms with Gasteiger partial charge in [0.05, 0.1) is 38.8 Å². The molecule has 4 nitrogen and oxygen atoms in total. The summed E-state index contributed by atoms with van der Waals surface area (Å²) in [5.41, 5.74) is 14.5. The summed E-state index contributed by atoms with van der Waals surface area (Å²) in [4.78, 5) is 11.3. The number of thiophene rings is 1. The maximum absolute atomic E-state index is 5.71. The molecule has 0 fully saturated rings. The fourth-order valence-corrected chi connectivity index (χ4v) is 11.2. The van der Waals surface area contributed by atoms with Crippen molar-refractivity contribution in [2.45, 2.75) is 0 Å². The first-order chi connectivity index (χ1) is 29.3. The van der Waals surface area contributed by atoms with Gasteiger partial charge in [-0.15, -0.1) is 11.3 Å². The molecule has 1 aliphatic rings. The van der Waals surface area contributed by atoms with Crippen molar-refractivity contribution in [2.24, 2.45) is 0 Å². The maximum Gasteiger partial charge on any atom is 0.165 e. The molecule has 9 aromatic carbocycles. The molecule has 0 aliphatic carbocycles. The number of para-hydroxylation sites is 3. The van der Waals surface area contributed by atoms with Gasteiger partial charge in [0.2, 0.25) is 0 Å². The summed E-state index contributed by atoms with van der Waals surface area (Å²) >= 11 is 1.84. The van der Waals surface area contributed by atoms with Gasteiger partial charge in [0.1, 0.15) is 5.69 Å². The van der Waals surface area contributed by atoms with Crippen LogP contribution in [-0.2, 0) is 0 Å². The van der Waals surface area contributed by atoms with Gasteiger partial charge in [0.25, 0.3) is 0 Å². The van der Waals surface area contributed by atoms with Crippen LogP contribution >= 0.6 is 11.3 Å². The Morgan fingerprint density at radius 2 is 1.05 bits per heavy atom. The SMILES string of the molecule is c1ccc2c(c1)-c1ccccc1-n1c3cc4c5ccccc5n(-c5nc6c(ccc7ccccc76)nc5-c5ccc6sc7ccccc7c6c5)c4cc3c3cccc-2c31. The number of benzene rings is 9. The van der Waals surface area contributed by atoms with Crippen LogP contribution in [0.15, 0.2) is 182 Å². The molecule has 0 amide bonds. The van der Waals surface area contributed by atoms with Gasteiger partial charge in [-0.3, -0.25) is 4.57 Å². The largest absolute Gasteiger partial charge is 0.308 e. The molecule has 0 atom stereocenters. The Morgan fingerprint density at radius 1 is 0.390 bits per heavy atom. The third-order valence-electron chi connectivity index (χ3n) is 12.6. The normalized spacial score (nSPS) is 12.4. The first-order valence-electron chi connectivity index (χ1n) is 20.1. The molecule has 0 saturated heterocycles. The zero-order chi connectivity index (χ0) is 38.3. The molecule has 0 saturated carbocycles. The Bertz CT molecular complexity index is 3980. The Balaban J connectivity index is 1.14. The van der Waals surface area contributed by atoms with Crippen LogP contribution in [0, 0.1) is 0 Å². The molecular weight excluding hydrogens is 737 g/mol. The zero-order valence-corrected chi connectivity index (χ0v) is 32.3. The van der Waals surface area contributed by atoms with E-state index in [2.05, 4.69) is 191 Å². The van der Waals surface area contributed by atoms with Crippen molar-refractivity contribution in [1.82, 2.24) is 19.1 Å². The summed E-state index contributed by atoms with van der Waals surface area (Å²) in [5.74, 6) is 0.822. The zero-order valence-electron chi connectivity index (χ0n) is 31.5. The number of fused-ring (bicyclic) bond motifs is 17. The fourth-order valence-electron chi connectivity index (χ4n) is 10.1. The van der Waals surface area contributed by atoms with E-state index in [1.54, 1.807) is 0 Å². The van der Waals surface area contributed by atoms with Crippen LogP contribution in [0.4, 0.5) is 0 Å². The summed E-state index contributed by atoms with van der Waals surface area (Å²) in [6, 6.07) is 66.4. The van der Waals surface area contributed by atoms with Gasteiger partial charge in [-0.25, -0.2) is 9.97 Å². The highest BCUT2D eigenvalue weighted by Crippen LogP contribution is 2.48. The average Bonchev–Trinajstić information content (AvgIpc) is 3.92. The van der Waals surface area contributed by atoms with Crippen LogP contribution in [0.25, 0.3) is 131 Å². The average molecular weight is 767 g/mol. The third-order valence-corrected chi connectivity index (χ3v) is 13.8. The molecule has 0 N–H and O–H groups in total. The van der Waals surface area contributed by atoms with E-state index in [0.29, 0.717) is 0 Å². The Hall–Kier alpha value is -7.60. The number of aromatic nitrogens is 4. The van der Waals surface area contributed by atoms with E-state index in [1.165, 1.54) is 80.7 Å². The first kappa shape index (κ1) is 31.5. The second kappa shape index (κ2) is 11.5. The van der Waals surface area contributed by atoms with E-state index in [-0.39, 0.29) is 0 Å². The van der Waals surface area contributed by atoms with Crippen LogP contribution in [-0.4, -0.2) is 19.1 Å². The molecule has 0 bridgehead atoms. The van der Waals surface area contributed by atoms with Gasteiger partial charge in [-0.1, -0.05) is 133 Å². The van der Waals surface area contributed by atoms with Crippen molar-refractivity contribution >= 4 is 96.9 Å². The molecule has 0 radical (unpaired) electrons. The molecule has 59 heavy (non-hydrogen) atoms. The summed E-state index contributed by atoms with van der Waals surface area (Å²) in [5, 5.41) is 9.55. The highest BCUT2D eigenvalue weighted by Gasteiger charge is 2.27. The summed E-state index contributed by atoms with van der Waals surface area (Å²) in [7, 11) is 0. The van der Waals surface area contributed by atoms with E-state index >= 15 is 0 Å². The molecule has 0 spiro atoms. The highest BCUT2D eigenvalue weighted by molar-refractivity contribution is 7.25. The molecule has 5 heterocycles. The third kappa shape index (κ3) is 4.21. The quantitative estimate of drug-likeness (QED) is 0.164. The lowest BCUT2D eigenvalue weighted by Crippen LogP contribution is -2.04. The van der Waals surface area contributed by atoms with Crippen LogP contribution in [0.1, 0.15) is 0 Å². The van der Waals surface area contributed by atoms with Crippen LogP contribution in [0.5, 0.6) is 0 Å². The summed E-state index contributed by atoms with van der Waals surface area (Å²) in [6.07, 6.45) is 0. The summed E-state index contributed by atoms with van der Waals surface area (Å²) in [6.45, 7) is 0. The van der Waals surface area contributed by atoms with Gasteiger partial charge in [-0.05, 0) is 65.0 Å². The van der Waals surface area contributed by atoms with E-state index < -0.39 is 0 Å². The standard InChI is InChI=1S/C54H30N4S/c1-2-13-33-31(12-1)24-26-44-52(33)56-54(51(55-44)32-25-27-50-43(28-32)38-18-7-10-23-49(38)59-50)58-46-22-9-6-17-37(46)41-29-47-42(30-48(41)58)40-20-11-19-39-35-15-4-3-14-34(35)36-16-5-8-21-45(36)57(47)53(39)40/h1-30H. The van der Waals surface area contributed by atoms with E-state index in [1.807, 2.05) is 11.3 Å². The molecular formula is C54H30N4S. The monoisotopic (exact) mass is 766 g/mol. The van der Waals surface area contributed by atoms with Crippen LogP contribution < -0.4 is 0 Å². The van der Waals surface area contributed by atoms with Gasteiger partial charge < -0.3 is 4.57 Å². The van der Waals surface area contributed by atoms with Gasteiger partial charge >= 0.3 is 0 Å². The van der Waals surface area contributed by atoms with Crippen molar-refractivity contribution < 1.29 is 0 Å². The van der Waals surface area contributed by atoms with Crippen molar-refractivity contribution in [3.8, 4) is 45.0 Å². The lowest BCUT2D eigenvalue weighted by atomic mass is 9.94. The Kier molecular flexibility index (Phi) is 6.14. The number of hydrogen-bond acceptors (Lipinski definition) is 3. The predicted octanol–water partition coefficient (Wildman–Crippen LogP) is 14.7. The van der Waals surface area contributed by atoms with Gasteiger partial charge in [0, 0.05) is 63.8 Å². The molecule has 14 rings (SSSR count). The molecule has 0 unspecified atom stereocenters. The minimum Gasteiger partial charge on any atom is -0.308 e. The van der Waals surface area contributed by atoms with Gasteiger partial charge in [-0.2, -0.15) is 0 Å².